The zero-order valence-electron chi connectivity index (χ0n) is 11.2. The molecule has 2 aromatic rings. The van der Waals surface area contributed by atoms with Gasteiger partial charge in [-0.05, 0) is 25.0 Å². The Balaban J connectivity index is 1.96. The molecule has 0 spiro atoms. The Labute approximate surface area is 123 Å². The first kappa shape index (κ1) is 15.2. The molecule has 20 heavy (non-hydrogen) atoms. The maximum absolute atomic E-state index is 12.0. The Kier molecular flexibility index (Phi) is 4.93. The van der Waals surface area contributed by atoms with E-state index in [1.807, 2.05) is 31.2 Å². The standard InChI is InChI=1S/C14H17NO3S2/c1-11-3-2-4-12(7-11)5-6-15-20(17,18)14-8-13(9-16)19-10-14/h2-4,7-8,10,15-16H,5-6,9H2,1H3. The molecule has 0 aliphatic carbocycles. The van der Waals surface area contributed by atoms with Crippen LogP contribution in [0.15, 0.2) is 40.6 Å². The Bertz CT molecular complexity index is 677. The number of rotatable bonds is 6. The van der Waals surface area contributed by atoms with Crippen LogP contribution in [0.4, 0.5) is 0 Å². The highest BCUT2D eigenvalue weighted by molar-refractivity contribution is 7.89. The molecular weight excluding hydrogens is 294 g/mol. The molecule has 1 aromatic heterocycles. The first-order chi connectivity index (χ1) is 9.51. The van der Waals surface area contributed by atoms with Crippen molar-refractivity contribution < 1.29 is 13.5 Å². The Morgan fingerprint density at radius 2 is 2.10 bits per heavy atom. The lowest BCUT2D eigenvalue weighted by Gasteiger charge is -2.05. The van der Waals surface area contributed by atoms with E-state index in [0.29, 0.717) is 17.8 Å². The molecule has 4 nitrogen and oxygen atoms in total. The highest BCUT2D eigenvalue weighted by Gasteiger charge is 2.15. The predicted molar refractivity (Wildman–Crippen MR) is 80.3 cm³/mol. The van der Waals surface area contributed by atoms with Crippen LogP contribution in [0.25, 0.3) is 0 Å². The molecule has 0 saturated carbocycles. The largest absolute Gasteiger partial charge is 0.391 e. The van der Waals surface area contributed by atoms with Gasteiger partial charge in [0.15, 0.2) is 0 Å². The van der Waals surface area contributed by atoms with E-state index in [4.69, 9.17) is 5.11 Å². The molecule has 108 valence electrons. The zero-order valence-corrected chi connectivity index (χ0v) is 12.8. The molecule has 0 unspecified atom stereocenters. The van der Waals surface area contributed by atoms with Gasteiger partial charge in [0.2, 0.25) is 10.0 Å². The molecule has 0 aliphatic rings. The fourth-order valence-electron chi connectivity index (χ4n) is 1.87. The highest BCUT2D eigenvalue weighted by Crippen LogP contribution is 2.19. The fourth-order valence-corrected chi connectivity index (χ4v) is 4.03. The molecule has 0 aliphatic heterocycles. The van der Waals surface area contributed by atoms with E-state index in [0.717, 1.165) is 11.1 Å². The number of thiophene rings is 1. The number of nitrogens with one attached hydrogen (secondary N) is 1. The Morgan fingerprint density at radius 1 is 1.30 bits per heavy atom. The topological polar surface area (TPSA) is 66.4 Å². The van der Waals surface area contributed by atoms with E-state index in [1.165, 1.54) is 17.4 Å². The summed E-state index contributed by atoms with van der Waals surface area (Å²) in [7, 11) is -3.48. The number of aryl methyl sites for hydroxylation is 1. The molecule has 0 amide bonds. The number of sulfonamides is 1. The molecule has 0 radical (unpaired) electrons. The minimum Gasteiger partial charge on any atom is -0.391 e. The first-order valence-corrected chi connectivity index (χ1v) is 8.61. The van der Waals surface area contributed by atoms with Crippen LogP contribution in [0, 0.1) is 6.92 Å². The maximum Gasteiger partial charge on any atom is 0.241 e. The average Bonchev–Trinajstić information content (AvgIpc) is 2.88. The maximum atomic E-state index is 12.0. The number of hydrogen-bond acceptors (Lipinski definition) is 4. The molecule has 2 rings (SSSR count). The third-order valence-electron chi connectivity index (χ3n) is 2.88. The van der Waals surface area contributed by atoms with Crippen molar-refractivity contribution in [2.75, 3.05) is 6.54 Å². The van der Waals surface area contributed by atoms with E-state index in [-0.39, 0.29) is 11.5 Å². The van der Waals surface area contributed by atoms with Gasteiger partial charge in [0.05, 0.1) is 11.5 Å². The third kappa shape index (κ3) is 3.89. The second-order valence-electron chi connectivity index (χ2n) is 4.54. The van der Waals surface area contributed by atoms with Crippen LogP contribution >= 0.6 is 11.3 Å². The van der Waals surface area contributed by atoms with Crippen molar-refractivity contribution in [3.05, 3.63) is 51.7 Å². The minimum absolute atomic E-state index is 0.135. The average molecular weight is 311 g/mol. The highest BCUT2D eigenvalue weighted by atomic mass is 32.2. The molecule has 1 aromatic carbocycles. The van der Waals surface area contributed by atoms with Crippen LogP contribution < -0.4 is 4.72 Å². The van der Waals surface area contributed by atoms with Crippen LogP contribution in [0.1, 0.15) is 16.0 Å². The van der Waals surface area contributed by atoms with E-state index in [1.54, 1.807) is 5.38 Å². The zero-order chi connectivity index (χ0) is 14.6. The van der Waals surface area contributed by atoms with Crippen molar-refractivity contribution in [2.24, 2.45) is 0 Å². The van der Waals surface area contributed by atoms with E-state index < -0.39 is 10.0 Å². The second-order valence-corrected chi connectivity index (χ2v) is 7.31. The first-order valence-electron chi connectivity index (χ1n) is 6.25. The van der Waals surface area contributed by atoms with Gasteiger partial charge in [0.1, 0.15) is 0 Å². The van der Waals surface area contributed by atoms with Crippen LogP contribution in [0.2, 0.25) is 0 Å². The van der Waals surface area contributed by atoms with Crippen molar-refractivity contribution in [1.29, 1.82) is 0 Å². The summed E-state index contributed by atoms with van der Waals surface area (Å²) in [5.74, 6) is 0. The van der Waals surface area contributed by atoms with E-state index in [2.05, 4.69) is 4.72 Å². The molecule has 6 heteroatoms. The minimum atomic E-state index is -3.48. The van der Waals surface area contributed by atoms with Crippen molar-refractivity contribution >= 4 is 21.4 Å². The summed E-state index contributed by atoms with van der Waals surface area (Å²) >= 11 is 1.24. The van der Waals surface area contributed by atoms with Gasteiger partial charge in [0, 0.05) is 16.8 Å². The lowest BCUT2D eigenvalue weighted by molar-refractivity contribution is 0.285. The monoisotopic (exact) mass is 311 g/mol. The Hall–Kier alpha value is -1.21. The lowest BCUT2D eigenvalue weighted by Crippen LogP contribution is -2.25. The summed E-state index contributed by atoms with van der Waals surface area (Å²) in [5, 5.41) is 10.5. The van der Waals surface area contributed by atoms with Crippen LogP contribution in [-0.2, 0) is 23.1 Å². The SMILES string of the molecule is Cc1cccc(CCNS(=O)(=O)c2csc(CO)c2)c1. The van der Waals surface area contributed by atoms with E-state index in [9.17, 15) is 8.42 Å². The Morgan fingerprint density at radius 3 is 2.75 bits per heavy atom. The van der Waals surface area contributed by atoms with Crippen molar-refractivity contribution in [3.63, 3.8) is 0 Å². The summed E-state index contributed by atoms with van der Waals surface area (Å²) in [4.78, 5) is 0.861. The normalized spacial score (nSPS) is 11.7. The van der Waals surface area contributed by atoms with Gasteiger partial charge >= 0.3 is 0 Å². The van der Waals surface area contributed by atoms with Crippen LogP contribution in [0.3, 0.4) is 0 Å². The predicted octanol–water partition coefficient (Wildman–Crippen LogP) is 2.07. The molecule has 2 N–H and O–H groups in total. The van der Waals surface area contributed by atoms with Gasteiger partial charge in [-0.1, -0.05) is 29.8 Å². The fraction of sp³-hybridized carbons (Fsp3) is 0.286. The van der Waals surface area contributed by atoms with E-state index >= 15 is 0 Å². The van der Waals surface area contributed by atoms with Gasteiger partial charge in [-0.25, -0.2) is 13.1 Å². The van der Waals surface area contributed by atoms with Gasteiger partial charge in [-0.2, -0.15) is 0 Å². The molecule has 0 atom stereocenters. The summed E-state index contributed by atoms with van der Waals surface area (Å²) in [6, 6.07) is 9.50. The van der Waals surface area contributed by atoms with Crippen molar-refractivity contribution in [3.8, 4) is 0 Å². The van der Waals surface area contributed by atoms with Gasteiger partial charge in [-0.15, -0.1) is 11.3 Å². The summed E-state index contributed by atoms with van der Waals surface area (Å²) in [6.45, 7) is 2.23. The molecule has 1 heterocycles. The lowest BCUT2D eigenvalue weighted by atomic mass is 10.1. The van der Waals surface area contributed by atoms with Crippen molar-refractivity contribution in [1.82, 2.24) is 4.72 Å². The van der Waals surface area contributed by atoms with Gasteiger partial charge < -0.3 is 5.11 Å². The van der Waals surface area contributed by atoms with Crippen LogP contribution in [0.5, 0.6) is 0 Å². The molecule has 0 fully saturated rings. The molecular formula is C14H17NO3S2. The summed E-state index contributed by atoms with van der Waals surface area (Å²) < 4.78 is 26.6. The number of aliphatic hydroxyl groups is 1. The number of benzene rings is 1. The van der Waals surface area contributed by atoms with Gasteiger partial charge in [-0.3, -0.25) is 0 Å². The van der Waals surface area contributed by atoms with Crippen molar-refractivity contribution in [2.45, 2.75) is 24.8 Å². The molecule has 0 saturated heterocycles. The number of hydrogen-bond donors (Lipinski definition) is 2. The smallest absolute Gasteiger partial charge is 0.241 e. The second kappa shape index (κ2) is 6.49. The molecule has 0 bridgehead atoms. The number of aliphatic hydroxyl groups excluding tert-OH is 1. The summed E-state index contributed by atoms with van der Waals surface area (Å²) in [6.07, 6.45) is 0.651. The quantitative estimate of drug-likeness (QED) is 0.858. The van der Waals surface area contributed by atoms with Crippen LogP contribution in [-0.4, -0.2) is 20.1 Å². The van der Waals surface area contributed by atoms with Gasteiger partial charge in [0.25, 0.3) is 0 Å². The third-order valence-corrected chi connectivity index (χ3v) is 5.40. The summed E-state index contributed by atoms with van der Waals surface area (Å²) in [5.41, 5.74) is 2.27.